The number of amides is 2. The first kappa shape index (κ1) is 9.49. The number of carbonyl (C=O) groups is 2. The van der Waals surface area contributed by atoms with Crippen molar-refractivity contribution >= 4 is 11.8 Å². The number of hydrogen-bond donors (Lipinski definition) is 1. The van der Waals surface area contributed by atoms with E-state index in [9.17, 15) is 9.59 Å². The van der Waals surface area contributed by atoms with E-state index in [1.807, 2.05) is 0 Å². The Labute approximate surface area is 83.6 Å². The number of hydrogen-bond acceptors (Lipinski definition) is 2. The maximum Gasteiger partial charge on any atom is 0.318 e. The minimum atomic E-state index is -0.0721. The Morgan fingerprint density at radius 2 is 2.29 bits per heavy atom. The maximum atomic E-state index is 11.4. The van der Waals surface area contributed by atoms with E-state index < -0.39 is 0 Å². The van der Waals surface area contributed by atoms with Crippen molar-refractivity contribution in [1.82, 2.24) is 10.2 Å². The lowest BCUT2D eigenvalue weighted by molar-refractivity contribution is -0.117. The van der Waals surface area contributed by atoms with E-state index in [1.54, 1.807) is 4.90 Å². The first-order chi connectivity index (χ1) is 6.66. The van der Waals surface area contributed by atoms with Gasteiger partial charge in [-0.05, 0) is 25.7 Å². The summed E-state index contributed by atoms with van der Waals surface area (Å²) in [6, 6.07) is 0.215. The molecule has 1 aliphatic heterocycles. The summed E-state index contributed by atoms with van der Waals surface area (Å²) in [4.78, 5) is 23.9. The topological polar surface area (TPSA) is 49.4 Å². The summed E-state index contributed by atoms with van der Waals surface area (Å²) >= 11 is 0. The predicted octanol–water partition coefficient (Wildman–Crippen LogP) is 0.769. The third-order valence-electron chi connectivity index (χ3n) is 3.15. The largest absolute Gasteiger partial charge is 0.333 e. The molecule has 0 aromatic carbocycles. The summed E-state index contributed by atoms with van der Waals surface area (Å²) in [7, 11) is 0. The molecule has 0 bridgehead atoms. The van der Waals surface area contributed by atoms with Crippen molar-refractivity contribution in [2.75, 3.05) is 13.1 Å². The maximum absolute atomic E-state index is 11.4. The molecule has 2 rings (SSSR count). The fourth-order valence-corrected chi connectivity index (χ4v) is 2.13. The molecule has 0 aromatic heterocycles. The highest BCUT2D eigenvalue weighted by molar-refractivity contribution is 5.85. The summed E-state index contributed by atoms with van der Waals surface area (Å²) in [6.45, 7) is 2.49. The van der Waals surface area contributed by atoms with Gasteiger partial charge in [-0.2, -0.15) is 0 Å². The lowest BCUT2D eigenvalue weighted by Gasteiger charge is -2.30. The molecule has 2 amide bonds. The Morgan fingerprint density at radius 1 is 1.57 bits per heavy atom. The Morgan fingerprint density at radius 3 is 2.79 bits per heavy atom. The van der Waals surface area contributed by atoms with Gasteiger partial charge < -0.3 is 10.2 Å². The fraction of sp³-hybridized carbons (Fsp3) is 0.800. The van der Waals surface area contributed by atoms with Crippen LogP contribution in [0.25, 0.3) is 0 Å². The number of rotatable bonds is 3. The predicted molar refractivity (Wildman–Crippen MR) is 51.9 cm³/mol. The molecular formula is C10H16N2O2. The lowest BCUT2D eigenvalue weighted by Crippen LogP contribution is -2.37. The van der Waals surface area contributed by atoms with Crippen molar-refractivity contribution < 1.29 is 9.59 Å². The summed E-state index contributed by atoms with van der Waals surface area (Å²) in [6.07, 6.45) is 3.72. The second kappa shape index (κ2) is 3.59. The molecule has 1 atom stereocenters. The van der Waals surface area contributed by atoms with Crippen LogP contribution in [-0.2, 0) is 4.79 Å². The number of nitrogens with zero attached hydrogens (tertiary/aromatic N) is 1. The normalized spacial score (nSPS) is 27.4. The van der Waals surface area contributed by atoms with E-state index in [2.05, 4.69) is 5.32 Å². The van der Waals surface area contributed by atoms with E-state index in [4.69, 9.17) is 0 Å². The minimum Gasteiger partial charge on any atom is -0.333 e. The smallest absolute Gasteiger partial charge is 0.318 e. The lowest BCUT2D eigenvalue weighted by atomic mass is 9.80. The van der Waals surface area contributed by atoms with Crippen LogP contribution in [-0.4, -0.2) is 35.8 Å². The van der Waals surface area contributed by atoms with Gasteiger partial charge in [-0.15, -0.1) is 0 Å². The standard InChI is InChI=1S/C10H16N2O2/c1-7(13)5-12-6-9(11-10(12)14)8-3-2-4-8/h8-9H,2-6H2,1H3,(H,11,14). The van der Waals surface area contributed by atoms with E-state index in [-0.39, 0.29) is 24.4 Å². The molecule has 1 heterocycles. The van der Waals surface area contributed by atoms with Crippen LogP contribution < -0.4 is 5.32 Å². The van der Waals surface area contributed by atoms with E-state index in [1.165, 1.54) is 26.2 Å². The molecule has 2 aliphatic rings. The fourth-order valence-electron chi connectivity index (χ4n) is 2.13. The van der Waals surface area contributed by atoms with Gasteiger partial charge in [-0.1, -0.05) is 6.42 Å². The molecule has 1 saturated heterocycles. The Bertz CT molecular complexity index is 261. The van der Waals surface area contributed by atoms with Gasteiger partial charge in [0.15, 0.2) is 0 Å². The summed E-state index contributed by atoms with van der Waals surface area (Å²) in [5.41, 5.74) is 0. The van der Waals surface area contributed by atoms with Crippen molar-refractivity contribution in [2.24, 2.45) is 5.92 Å². The Kier molecular flexibility index (Phi) is 2.44. The van der Waals surface area contributed by atoms with E-state index in [0.717, 1.165) is 0 Å². The molecule has 1 aliphatic carbocycles. The SMILES string of the molecule is CC(=O)CN1CC(C2CCC2)NC1=O. The van der Waals surface area contributed by atoms with Gasteiger partial charge in [0, 0.05) is 6.54 Å². The minimum absolute atomic E-state index is 0.0504. The van der Waals surface area contributed by atoms with Crippen molar-refractivity contribution in [1.29, 1.82) is 0 Å². The van der Waals surface area contributed by atoms with Crippen LogP contribution in [0.2, 0.25) is 0 Å². The monoisotopic (exact) mass is 196 g/mol. The van der Waals surface area contributed by atoms with Gasteiger partial charge in [0.1, 0.15) is 5.78 Å². The van der Waals surface area contributed by atoms with E-state index in [0.29, 0.717) is 12.5 Å². The van der Waals surface area contributed by atoms with Gasteiger partial charge in [0.05, 0.1) is 12.6 Å². The summed E-state index contributed by atoms with van der Waals surface area (Å²) in [5, 5.41) is 2.95. The average molecular weight is 196 g/mol. The molecule has 1 N–H and O–H groups in total. The molecule has 2 fully saturated rings. The molecule has 0 aromatic rings. The van der Waals surface area contributed by atoms with Crippen LogP contribution in [0.1, 0.15) is 26.2 Å². The first-order valence-electron chi connectivity index (χ1n) is 5.21. The molecule has 4 heteroatoms. The van der Waals surface area contributed by atoms with Crippen LogP contribution >= 0.6 is 0 Å². The van der Waals surface area contributed by atoms with Crippen molar-refractivity contribution in [3.8, 4) is 0 Å². The molecular weight excluding hydrogens is 180 g/mol. The van der Waals surface area contributed by atoms with E-state index >= 15 is 0 Å². The van der Waals surface area contributed by atoms with Gasteiger partial charge in [0.2, 0.25) is 0 Å². The number of carbonyl (C=O) groups excluding carboxylic acids is 2. The van der Waals surface area contributed by atoms with Crippen LogP contribution in [0.5, 0.6) is 0 Å². The molecule has 1 unspecified atom stereocenters. The summed E-state index contributed by atoms with van der Waals surface area (Å²) in [5.74, 6) is 0.699. The highest BCUT2D eigenvalue weighted by Gasteiger charge is 2.36. The third-order valence-corrected chi connectivity index (χ3v) is 3.15. The van der Waals surface area contributed by atoms with Crippen LogP contribution in [0.15, 0.2) is 0 Å². The number of ketones is 1. The molecule has 4 nitrogen and oxygen atoms in total. The third kappa shape index (κ3) is 1.74. The molecule has 0 radical (unpaired) electrons. The van der Waals surface area contributed by atoms with Crippen molar-refractivity contribution in [3.05, 3.63) is 0 Å². The average Bonchev–Trinajstić information content (AvgIpc) is 2.27. The van der Waals surface area contributed by atoms with Crippen LogP contribution in [0.4, 0.5) is 4.79 Å². The number of Topliss-reactive ketones (excluding diaryl/α,β-unsaturated/α-hetero) is 1. The first-order valence-corrected chi connectivity index (χ1v) is 5.21. The van der Waals surface area contributed by atoms with Crippen molar-refractivity contribution in [2.45, 2.75) is 32.2 Å². The van der Waals surface area contributed by atoms with Gasteiger partial charge >= 0.3 is 6.03 Å². The van der Waals surface area contributed by atoms with Crippen molar-refractivity contribution in [3.63, 3.8) is 0 Å². The van der Waals surface area contributed by atoms with Gasteiger partial charge in [-0.25, -0.2) is 4.79 Å². The highest BCUT2D eigenvalue weighted by Crippen LogP contribution is 2.31. The molecule has 1 saturated carbocycles. The Hall–Kier alpha value is -1.06. The second-order valence-electron chi connectivity index (χ2n) is 4.33. The molecule has 14 heavy (non-hydrogen) atoms. The number of nitrogens with one attached hydrogen (secondary N) is 1. The quantitative estimate of drug-likeness (QED) is 0.724. The summed E-state index contributed by atoms with van der Waals surface area (Å²) < 4.78 is 0. The zero-order valence-electron chi connectivity index (χ0n) is 8.45. The molecule has 0 spiro atoms. The van der Waals surface area contributed by atoms with Crippen LogP contribution in [0.3, 0.4) is 0 Å². The zero-order valence-corrected chi connectivity index (χ0v) is 8.45. The Balaban J connectivity index is 1.89. The highest BCUT2D eigenvalue weighted by atomic mass is 16.2. The molecule has 78 valence electrons. The van der Waals surface area contributed by atoms with Crippen LogP contribution in [0, 0.1) is 5.92 Å². The van der Waals surface area contributed by atoms with Gasteiger partial charge in [-0.3, -0.25) is 4.79 Å². The van der Waals surface area contributed by atoms with Gasteiger partial charge in [0.25, 0.3) is 0 Å². The number of urea groups is 1. The second-order valence-corrected chi connectivity index (χ2v) is 4.33. The zero-order chi connectivity index (χ0) is 10.1.